The number of hydrogen-bond acceptors (Lipinski definition) is 1. The number of nitrogens with zero attached hydrogens (tertiary/aromatic N) is 1. The predicted molar refractivity (Wildman–Crippen MR) is 80.2 cm³/mol. The minimum Gasteiger partial charge on any atom is -0.334 e. The van der Waals surface area contributed by atoms with Gasteiger partial charge in [-0.1, -0.05) is 66.7 Å². The van der Waals surface area contributed by atoms with Crippen LogP contribution in [0.25, 0.3) is 0 Å². The van der Waals surface area contributed by atoms with E-state index in [9.17, 15) is 4.79 Å². The fourth-order valence-electron chi connectivity index (χ4n) is 2.56. The highest BCUT2D eigenvalue weighted by molar-refractivity contribution is 5.88. The van der Waals surface area contributed by atoms with Gasteiger partial charge in [0, 0.05) is 19.0 Å². The molecular weight excluding hydrogens is 246 g/mol. The Morgan fingerprint density at radius 1 is 0.950 bits per heavy atom. The Bertz CT molecular complexity index is 604. The topological polar surface area (TPSA) is 20.3 Å². The number of rotatable bonds is 3. The quantitative estimate of drug-likeness (QED) is 0.831. The summed E-state index contributed by atoms with van der Waals surface area (Å²) in [5.41, 5.74) is 2.43. The lowest BCUT2D eigenvalue weighted by molar-refractivity contribution is -0.127. The molecule has 0 saturated carbocycles. The van der Waals surface area contributed by atoms with Crippen LogP contribution in [0.1, 0.15) is 17.0 Å². The average Bonchev–Trinajstić information content (AvgIpc) is 2.51. The molecule has 100 valence electrons. The second kappa shape index (κ2) is 5.74. The number of benzene rings is 2. The minimum absolute atomic E-state index is 0.0982. The Hall–Kier alpha value is -2.35. The number of hydrogen-bond donors (Lipinski definition) is 0. The van der Waals surface area contributed by atoms with Gasteiger partial charge in [0.15, 0.2) is 0 Å². The van der Waals surface area contributed by atoms with E-state index in [0.29, 0.717) is 6.54 Å². The molecule has 0 bridgehead atoms. The summed E-state index contributed by atoms with van der Waals surface area (Å²) in [5.74, 6) is 0.388. The summed E-state index contributed by atoms with van der Waals surface area (Å²) in [4.78, 5) is 13.9. The van der Waals surface area contributed by atoms with Gasteiger partial charge < -0.3 is 4.90 Å². The van der Waals surface area contributed by atoms with Crippen LogP contribution in [0.5, 0.6) is 0 Å². The highest BCUT2D eigenvalue weighted by Gasteiger charge is 2.21. The first-order valence-corrected chi connectivity index (χ1v) is 6.89. The van der Waals surface area contributed by atoms with Crippen molar-refractivity contribution in [2.75, 3.05) is 6.54 Å². The van der Waals surface area contributed by atoms with Crippen LogP contribution in [0.15, 0.2) is 72.8 Å². The zero-order valence-corrected chi connectivity index (χ0v) is 11.3. The van der Waals surface area contributed by atoms with Crippen LogP contribution < -0.4 is 0 Å². The lowest BCUT2D eigenvalue weighted by Gasteiger charge is -2.29. The van der Waals surface area contributed by atoms with E-state index in [0.717, 1.165) is 6.54 Å². The standard InChI is InChI=1S/C18H17NO/c20-18-12-11-17(16-9-5-2-6-10-16)14-19(18)13-15-7-3-1-4-8-15/h1-12,17H,13-14H2. The van der Waals surface area contributed by atoms with E-state index in [1.54, 1.807) is 6.08 Å². The molecule has 0 spiro atoms. The summed E-state index contributed by atoms with van der Waals surface area (Å²) >= 11 is 0. The first-order chi connectivity index (χ1) is 9.83. The van der Waals surface area contributed by atoms with Gasteiger partial charge in [0.05, 0.1) is 0 Å². The van der Waals surface area contributed by atoms with Crippen molar-refractivity contribution < 1.29 is 4.79 Å². The van der Waals surface area contributed by atoms with Crippen molar-refractivity contribution in [1.82, 2.24) is 4.90 Å². The highest BCUT2D eigenvalue weighted by Crippen LogP contribution is 2.23. The smallest absolute Gasteiger partial charge is 0.246 e. The largest absolute Gasteiger partial charge is 0.334 e. The number of carbonyl (C=O) groups excluding carboxylic acids is 1. The van der Waals surface area contributed by atoms with Crippen LogP contribution >= 0.6 is 0 Å². The van der Waals surface area contributed by atoms with Gasteiger partial charge >= 0.3 is 0 Å². The summed E-state index contributed by atoms with van der Waals surface area (Å²) in [7, 11) is 0. The third-order valence-electron chi connectivity index (χ3n) is 3.64. The molecular formula is C18H17NO. The third kappa shape index (κ3) is 2.80. The second-order valence-electron chi connectivity index (χ2n) is 5.08. The van der Waals surface area contributed by atoms with Gasteiger partial charge in [-0.15, -0.1) is 0 Å². The van der Waals surface area contributed by atoms with Crippen LogP contribution in [0.3, 0.4) is 0 Å². The van der Waals surface area contributed by atoms with E-state index in [1.807, 2.05) is 47.4 Å². The summed E-state index contributed by atoms with van der Waals surface area (Å²) in [6.07, 6.45) is 3.71. The van der Waals surface area contributed by atoms with Crippen molar-refractivity contribution in [3.8, 4) is 0 Å². The molecule has 0 N–H and O–H groups in total. The van der Waals surface area contributed by atoms with Crippen LogP contribution in [-0.4, -0.2) is 17.4 Å². The molecule has 1 aliphatic heterocycles. The molecule has 1 atom stereocenters. The van der Waals surface area contributed by atoms with E-state index >= 15 is 0 Å². The van der Waals surface area contributed by atoms with Gasteiger partial charge in [-0.2, -0.15) is 0 Å². The van der Waals surface area contributed by atoms with Crippen molar-refractivity contribution in [3.05, 3.63) is 83.9 Å². The molecule has 2 aromatic carbocycles. The van der Waals surface area contributed by atoms with Gasteiger partial charge in [0.2, 0.25) is 5.91 Å². The maximum absolute atomic E-state index is 12.0. The van der Waals surface area contributed by atoms with Crippen molar-refractivity contribution >= 4 is 5.91 Å². The summed E-state index contributed by atoms with van der Waals surface area (Å²) < 4.78 is 0. The molecule has 0 radical (unpaired) electrons. The van der Waals surface area contributed by atoms with Crippen molar-refractivity contribution in [2.45, 2.75) is 12.5 Å². The SMILES string of the molecule is O=C1C=CC(c2ccccc2)CN1Cc1ccccc1. The Labute approximate surface area is 119 Å². The summed E-state index contributed by atoms with van der Waals surface area (Å²) in [5, 5.41) is 0. The molecule has 1 heterocycles. The Morgan fingerprint density at radius 2 is 1.60 bits per heavy atom. The van der Waals surface area contributed by atoms with Gasteiger partial charge in [-0.25, -0.2) is 0 Å². The average molecular weight is 263 g/mol. The normalized spacial score (nSPS) is 18.3. The van der Waals surface area contributed by atoms with Crippen LogP contribution in [0.2, 0.25) is 0 Å². The van der Waals surface area contributed by atoms with Gasteiger partial charge in [-0.3, -0.25) is 4.79 Å². The monoisotopic (exact) mass is 263 g/mol. The highest BCUT2D eigenvalue weighted by atomic mass is 16.2. The number of amides is 1. The lowest BCUT2D eigenvalue weighted by atomic mass is 9.95. The van der Waals surface area contributed by atoms with Crippen molar-refractivity contribution in [3.63, 3.8) is 0 Å². The molecule has 0 aromatic heterocycles. The van der Waals surface area contributed by atoms with E-state index in [-0.39, 0.29) is 11.8 Å². The molecule has 2 heteroatoms. The van der Waals surface area contributed by atoms with E-state index in [2.05, 4.69) is 24.3 Å². The molecule has 0 saturated heterocycles. The predicted octanol–water partition coefficient (Wildman–Crippen LogP) is 3.37. The zero-order valence-electron chi connectivity index (χ0n) is 11.3. The van der Waals surface area contributed by atoms with Crippen LogP contribution in [0, 0.1) is 0 Å². The van der Waals surface area contributed by atoms with Gasteiger partial charge in [0.25, 0.3) is 0 Å². The molecule has 2 aromatic rings. The first kappa shape index (κ1) is 12.7. The van der Waals surface area contributed by atoms with Gasteiger partial charge in [-0.05, 0) is 17.2 Å². The zero-order chi connectivity index (χ0) is 13.8. The molecule has 1 unspecified atom stereocenters. The molecule has 2 nitrogen and oxygen atoms in total. The second-order valence-corrected chi connectivity index (χ2v) is 5.08. The first-order valence-electron chi connectivity index (χ1n) is 6.89. The number of carbonyl (C=O) groups is 1. The van der Waals surface area contributed by atoms with Crippen LogP contribution in [0.4, 0.5) is 0 Å². The van der Waals surface area contributed by atoms with Gasteiger partial charge in [0.1, 0.15) is 0 Å². The van der Waals surface area contributed by atoms with Crippen LogP contribution in [-0.2, 0) is 11.3 Å². The Kier molecular flexibility index (Phi) is 3.64. The van der Waals surface area contributed by atoms with Crippen molar-refractivity contribution in [2.24, 2.45) is 0 Å². The lowest BCUT2D eigenvalue weighted by Crippen LogP contribution is -2.35. The molecule has 1 aliphatic rings. The fraction of sp³-hybridized carbons (Fsp3) is 0.167. The molecule has 20 heavy (non-hydrogen) atoms. The van der Waals surface area contributed by atoms with Crippen molar-refractivity contribution in [1.29, 1.82) is 0 Å². The molecule has 0 fully saturated rings. The Morgan fingerprint density at radius 3 is 2.30 bits per heavy atom. The van der Waals surface area contributed by atoms with E-state index < -0.39 is 0 Å². The molecule has 1 amide bonds. The third-order valence-corrected chi connectivity index (χ3v) is 3.64. The molecule has 0 aliphatic carbocycles. The maximum Gasteiger partial charge on any atom is 0.246 e. The fourth-order valence-corrected chi connectivity index (χ4v) is 2.56. The maximum atomic E-state index is 12.0. The van der Waals surface area contributed by atoms with E-state index in [4.69, 9.17) is 0 Å². The summed E-state index contributed by atoms with van der Waals surface area (Å²) in [6.45, 7) is 1.42. The Balaban J connectivity index is 1.77. The molecule has 3 rings (SSSR count). The minimum atomic E-state index is 0.0982. The summed E-state index contributed by atoms with van der Waals surface area (Å²) in [6, 6.07) is 20.5. The van der Waals surface area contributed by atoms with E-state index in [1.165, 1.54) is 11.1 Å².